The third kappa shape index (κ3) is 1.53. The monoisotopic (exact) mass is 260 g/mol. The standard InChI is InChI=1S/C12H12N4OS/c1-6-7(2)18-12(14-6)16-10-4-3-8(13)5-9(10)15-11(16)17/h3-5H,13H2,1-2H3,(H,15,17). The summed E-state index contributed by atoms with van der Waals surface area (Å²) < 4.78 is 1.58. The summed E-state index contributed by atoms with van der Waals surface area (Å²) in [5.74, 6) is 0. The minimum Gasteiger partial charge on any atom is -0.399 e. The van der Waals surface area contributed by atoms with Gasteiger partial charge in [0.15, 0.2) is 5.13 Å². The molecule has 2 heterocycles. The first-order chi connectivity index (χ1) is 8.56. The zero-order valence-corrected chi connectivity index (χ0v) is 10.8. The molecule has 5 nitrogen and oxygen atoms in total. The maximum absolute atomic E-state index is 12.0. The van der Waals surface area contributed by atoms with Crippen molar-refractivity contribution in [2.45, 2.75) is 13.8 Å². The predicted octanol–water partition coefficient (Wildman–Crippen LogP) is 1.97. The van der Waals surface area contributed by atoms with E-state index in [2.05, 4.69) is 9.97 Å². The molecular formula is C12H12N4OS. The second kappa shape index (κ2) is 3.71. The van der Waals surface area contributed by atoms with Gasteiger partial charge in [-0.1, -0.05) is 0 Å². The molecule has 6 heteroatoms. The lowest BCUT2D eigenvalue weighted by molar-refractivity contribution is 0.987. The topological polar surface area (TPSA) is 76.7 Å². The zero-order chi connectivity index (χ0) is 12.9. The molecule has 0 fully saturated rings. The number of imidazole rings is 1. The molecule has 0 radical (unpaired) electrons. The molecule has 0 aliphatic heterocycles. The van der Waals surface area contributed by atoms with Crippen molar-refractivity contribution in [2.24, 2.45) is 0 Å². The van der Waals surface area contributed by atoms with Crippen LogP contribution in [0.3, 0.4) is 0 Å². The highest BCUT2D eigenvalue weighted by Gasteiger charge is 2.13. The van der Waals surface area contributed by atoms with E-state index in [1.54, 1.807) is 16.7 Å². The number of nitrogens with two attached hydrogens (primary N) is 1. The Morgan fingerprint density at radius 2 is 2.17 bits per heavy atom. The maximum atomic E-state index is 12.0. The van der Waals surface area contributed by atoms with Crippen molar-refractivity contribution < 1.29 is 0 Å². The number of nitrogens with one attached hydrogen (secondary N) is 1. The highest BCUT2D eigenvalue weighted by atomic mass is 32.1. The third-order valence-electron chi connectivity index (χ3n) is 2.91. The Balaban J connectivity index is 2.35. The number of H-pyrrole nitrogens is 1. The average Bonchev–Trinajstić information content (AvgIpc) is 2.78. The highest BCUT2D eigenvalue weighted by Crippen LogP contribution is 2.23. The van der Waals surface area contributed by atoms with E-state index in [1.807, 2.05) is 19.9 Å². The van der Waals surface area contributed by atoms with Gasteiger partial charge in [0, 0.05) is 10.6 Å². The molecule has 0 amide bonds. The van der Waals surface area contributed by atoms with Gasteiger partial charge in [-0.25, -0.2) is 14.3 Å². The first-order valence-electron chi connectivity index (χ1n) is 5.51. The first-order valence-corrected chi connectivity index (χ1v) is 6.32. The SMILES string of the molecule is Cc1nc(-n2c(=O)[nH]c3cc(N)ccc32)sc1C. The second-order valence-corrected chi connectivity index (χ2v) is 5.36. The molecule has 2 aromatic heterocycles. The van der Waals surface area contributed by atoms with Crippen molar-refractivity contribution in [2.75, 3.05) is 5.73 Å². The van der Waals surface area contributed by atoms with Crippen LogP contribution in [-0.2, 0) is 0 Å². The van der Waals surface area contributed by atoms with Crippen molar-refractivity contribution in [3.05, 3.63) is 39.3 Å². The van der Waals surface area contributed by atoms with E-state index in [1.165, 1.54) is 11.3 Å². The van der Waals surface area contributed by atoms with Crippen LogP contribution in [0.5, 0.6) is 0 Å². The van der Waals surface area contributed by atoms with Crippen molar-refractivity contribution in [1.82, 2.24) is 14.5 Å². The Morgan fingerprint density at radius 1 is 1.39 bits per heavy atom. The molecule has 3 rings (SSSR count). The summed E-state index contributed by atoms with van der Waals surface area (Å²) >= 11 is 1.51. The molecule has 1 aromatic carbocycles. The minimum atomic E-state index is -0.190. The molecule has 18 heavy (non-hydrogen) atoms. The molecule has 0 bridgehead atoms. The highest BCUT2D eigenvalue weighted by molar-refractivity contribution is 7.14. The van der Waals surface area contributed by atoms with Gasteiger partial charge in [0.2, 0.25) is 0 Å². The second-order valence-electron chi connectivity index (χ2n) is 4.18. The Bertz CT molecular complexity index is 777. The summed E-state index contributed by atoms with van der Waals surface area (Å²) in [7, 11) is 0. The number of hydrogen-bond donors (Lipinski definition) is 2. The van der Waals surface area contributed by atoms with E-state index in [4.69, 9.17) is 5.73 Å². The van der Waals surface area contributed by atoms with Gasteiger partial charge in [0.1, 0.15) is 0 Å². The predicted molar refractivity (Wildman–Crippen MR) is 73.5 cm³/mol. The van der Waals surface area contributed by atoms with E-state index >= 15 is 0 Å². The van der Waals surface area contributed by atoms with Crippen LogP contribution in [0.15, 0.2) is 23.0 Å². The average molecular weight is 260 g/mol. The molecule has 0 saturated carbocycles. The fourth-order valence-corrected chi connectivity index (χ4v) is 2.79. The minimum absolute atomic E-state index is 0.190. The lowest BCUT2D eigenvalue weighted by atomic mass is 10.3. The summed E-state index contributed by atoms with van der Waals surface area (Å²) in [4.78, 5) is 20.3. The van der Waals surface area contributed by atoms with Gasteiger partial charge in [-0.3, -0.25) is 0 Å². The van der Waals surface area contributed by atoms with Crippen LogP contribution in [0.2, 0.25) is 0 Å². The van der Waals surface area contributed by atoms with Crippen LogP contribution in [0.25, 0.3) is 16.2 Å². The number of benzene rings is 1. The summed E-state index contributed by atoms with van der Waals surface area (Å²) in [5, 5.41) is 0.686. The van der Waals surface area contributed by atoms with Crippen LogP contribution in [0.4, 0.5) is 5.69 Å². The number of aryl methyl sites for hydroxylation is 2. The molecule has 0 unspecified atom stereocenters. The van der Waals surface area contributed by atoms with Gasteiger partial charge in [-0.2, -0.15) is 0 Å². The largest absolute Gasteiger partial charge is 0.399 e. The maximum Gasteiger partial charge on any atom is 0.332 e. The van der Waals surface area contributed by atoms with E-state index in [0.717, 1.165) is 21.6 Å². The number of aromatic nitrogens is 3. The van der Waals surface area contributed by atoms with Gasteiger partial charge in [-0.15, -0.1) is 11.3 Å². The summed E-state index contributed by atoms with van der Waals surface area (Å²) in [6.07, 6.45) is 0. The molecule has 0 aliphatic carbocycles. The van der Waals surface area contributed by atoms with Gasteiger partial charge in [-0.05, 0) is 32.0 Å². The molecule has 92 valence electrons. The van der Waals surface area contributed by atoms with Crippen LogP contribution in [0.1, 0.15) is 10.6 Å². The van der Waals surface area contributed by atoms with Crippen LogP contribution < -0.4 is 11.4 Å². The van der Waals surface area contributed by atoms with Crippen molar-refractivity contribution in [3.63, 3.8) is 0 Å². The fraction of sp³-hybridized carbons (Fsp3) is 0.167. The molecule has 0 atom stereocenters. The van der Waals surface area contributed by atoms with Gasteiger partial charge >= 0.3 is 5.69 Å². The number of aromatic amines is 1. The van der Waals surface area contributed by atoms with Crippen molar-refractivity contribution >= 4 is 28.1 Å². The number of anilines is 1. The molecule has 0 saturated heterocycles. The summed E-state index contributed by atoms with van der Waals surface area (Å²) in [6, 6.07) is 5.36. The van der Waals surface area contributed by atoms with Crippen molar-refractivity contribution in [1.29, 1.82) is 0 Å². The molecule has 3 N–H and O–H groups in total. The number of rotatable bonds is 1. The van der Waals surface area contributed by atoms with E-state index in [0.29, 0.717) is 10.8 Å². The number of nitrogen functional groups attached to an aromatic ring is 1. The van der Waals surface area contributed by atoms with Crippen LogP contribution in [0, 0.1) is 13.8 Å². The molecule has 0 spiro atoms. The molecule has 3 aromatic rings. The first kappa shape index (κ1) is 11.0. The molecular weight excluding hydrogens is 248 g/mol. The molecule has 0 aliphatic rings. The van der Waals surface area contributed by atoms with Crippen LogP contribution >= 0.6 is 11.3 Å². The van der Waals surface area contributed by atoms with Gasteiger partial charge < -0.3 is 10.7 Å². The smallest absolute Gasteiger partial charge is 0.332 e. The van der Waals surface area contributed by atoms with Crippen LogP contribution in [-0.4, -0.2) is 14.5 Å². The number of thiazole rings is 1. The Kier molecular flexibility index (Phi) is 2.27. The van der Waals surface area contributed by atoms with Gasteiger partial charge in [0.05, 0.1) is 16.7 Å². The normalized spacial score (nSPS) is 11.2. The van der Waals surface area contributed by atoms with E-state index in [-0.39, 0.29) is 5.69 Å². The Hall–Kier alpha value is -2.08. The summed E-state index contributed by atoms with van der Waals surface area (Å²) in [5.41, 5.74) is 8.61. The third-order valence-corrected chi connectivity index (χ3v) is 3.97. The number of fused-ring (bicyclic) bond motifs is 1. The number of hydrogen-bond acceptors (Lipinski definition) is 4. The Morgan fingerprint density at radius 3 is 2.83 bits per heavy atom. The van der Waals surface area contributed by atoms with Crippen molar-refractivity contribution in [3.8, 4) is 5.13 Å². The lowest BCUT2D eigenvalue weighted by Crippen LogP contribution is -2.14. The van der Waals surface area contributed by atoms with E-state index < -0.39 is 0 Å². The van der Waals surface area contributed by atoms with Gasteiger partial charge in [0.25, 0.3) is 0 Å². The summed E-state index contributed by atoms with van der Waals surface area (Å²) in [6.45, 7) is 3.93. The van der Waals surface area contributed by atoms with E-state index in [9.17, 15) is 4.79 Å². The zero-order valence-electron chi connectivity index (χ0n) is 10.0. The lowest BCUT2D eigenvalue weighted by Gasteiger charge is -1.98. The fourth-order valence-electron chi connectivity index (χ4n) is 1.87. The number of nitrogens with zero attached hydrogens (tertiary/aromatic N) is 2. The Labute approximate surface area is 107 Å². The quantitative estimate of drug-likeness (QED) is 0.657.